The monoisotopic (exact) mass is 577 g/mol. The van der Waals surface area contributed by atoms with E-state index in [0.29, 0.717) is 18.7 Å². The molecule has 0 saturated carbocycles. The van der Waals surface area contributed by atoms with Gasteiger partial charge >= 0.3 is 6.03 Å². The summed E-state index contributed by atoms with van der Waals surface area (Å²) in [4.78, 5) is 18.1. The molecule has 0 spiro atoms. The minimum Gasteiger partial charge on any atom is -0.508 e. The molecule has 9 nitrogen and oxygen atoms in total. The number of carbonyl (C=O) groups is 1. The number of fused-ring (bicyclic) bond motifs is 1. The van der Waals surface area contributed by atoms with Crippen LogP contribution in [0.25, 0.3) is 10.9 Å². The number of nitrogen functional groups attached to an aromatic ring is 1. The normalized spacial score (nSPS) is 20.8. The minimum atomic E-state index is -1.23. The maximum absolute atomic E-state index is 14.7. The summed E-state index contributed by atoms with van der Waals surface area (Å²) in [7, 11) is 0. The van der Waals surface area contributed by atoms with Gasteiger partial charge in [0.25, 0.3) is 0 Å². The van der Waals surface area contributed by atoms with Gasteiger partial charge in [-0.15, -0.1) is 0 Å². The Morgan fingerprint density at radius 1 is 0.698 bits per heavy atom. The van der Waals surface area contributed by atoms with Gasteiger partial charge in [0, 0.05) is 18.5 Å². The van der Waals surface area contributed by atoms with E-state index in [4.69, 9.17) is 5.73 Å². The fourth-order valence-electron chi connectivity index (χ4n) is 5.99. The molecule has 0 unspecified atom stereocenters. The average molecular weight is 578 g/mol. The lowest BCUT2D eigenvalue weighted by Gasteiger charge is -2.36. The molecule has 0 radical (unpaired) electrons. The van der Waals surface area contributed by atoms with Gasteiger partial charge in [0.1, 0.15) is 18.0 Å². The summed E-state index contributed by atoms with van der Waals surface area (Å²) in [5.74, 6) is 0.493. The van der Waals surface area contributed by atoms with Crippen LogP contribution in [0.1, 0.15) is 22.3 Å². The van der Waals surface area contributed by atoms with E-state index in [1.165, 1.54) is 0 Å². The summed E-state index contributed by atoms with van der Waals surface area (Å²) < 4.78 is 0. The molecule has 0 aliphatic carbocycles. The van der Waals surface area contributed by atoms with Gasteiger partial charge in [-0.25, -0.2) is 4.79 Å². The molecule has 4 aromatic carbocycles. The second kappa shape index (κ2) is 12.2. The van der Waals surface area contributed by atoms with Crippen molar-refractivity contribution in [2.24, 2.45) is 0 Å². The number of aromatic nitrogens is 2. The SMILES string of the molecule is Nc1n[nH]c2ccc(CN3C(=O)N(Cc4ccc(O)cc4)[C@H](Cc4ccccc4)[C@H](O)[C@@H](O)[C@H]3Cc3ccccc3)cc12. The zero-order chi connectivity index (χ0) is 29.9. The van der Waals surface area contributed by atoms with Gasteiger partial charge in [-0.1, -0.05) is 78.9 Å². The molecule has 1 aromatic heterocycles. The fourth-order valence-corrected chi connectivity index (χ4v) is 5.99. The summed E-state index contributed by atoms with van der Waals surface area (Å²) in [6, 6.07) is 30.0. The maximum Gasteiger partial charge on any atom is 0.321 e. The number of hydrogen-bond donors (Lipinski definition) is 5. The number of aromatic amines is 1. The molecular weight excluding hydrogens is 542 g/mol. The quantitative estimate of drug-likeness (QED) is 0.187. The minimum absolute atomic E-state index is 0.126. The Hall–Kier alpha value is -4.86. The first-order chi connectivity index (χ1) is 20.9. The number of aromatic hydroxyl groups is 1. The molecular formula is C34H35N5O4. The first-order valence-corrected chi connectivity index (χ1v) is 14.4. The first-order valence-electron chi connectivity index (χ1n) is 14.4. The van der Waals surface area contributed by atoms with Gasteiger partial charge in [-0.2, -0.15) is 5.10 Å². The van der Waals surface area contributed by atoms with Gasteiger partial charge in [0.05, 0.1) is 17.6 Å². The fraction of sp³-hybridized carbons (Fsp3) is 0.235. The number of aliphatic hydroxyl groups excluding tert-OH is 2. The first kappa shape index (κ1) is 28.3. The second-order valence-electron chi connectivity index (χ2n) is 11.2. The van der Waals surface area contributed by atoms with E-state index in [-0.39, 0.29) is 24.9 Å². The Kier molecular flexibility index (Phi) is 8.00. The summed E-state index contributed by atoms with van der Waals surface area (Å²) in [6.07, 6.45) is -1.75. The van der Waals surface area contributed by atoms with Crippen molar-refractivity contribution in [1.29, 1.82) is 0 Å². The van der Waals surface area contributed by atoms with Crippen LogP contribution in [0, 0.1) is 0 Å². The van der Waals surface area contributed by atoms with E-state index < -0.39 is 24.3 Å². The number of nitrogens with two attached hydrogens (primary N) is 1. The number of rotatable bonds is 8. The zero-order valence-corrected chi connectivity index (χ0v) is 23.6. The standard InChI is InChI=1S/C34H35N5O4/c35-33-27-17-25(13-16-28(27)36-37-33)21-39-30(19-23-9-5-2-6-10-23)32(42)31(41)29(18-22-7-3-1-4-8-22)38(34(39)43)20-24-11-14-26(40)15-12-24/h1-17,29-32,40-42H,18-21H2,(H3,35,36,37)/t29-,30-,31+,32+/m1/s1. The van der Waals surface area contributed by atoms with Crippen LogP contribution in [0.3, 0.4) is 0 Å². The zero-order valence-electron chi connectivity index (χ0n) is 23.6. The Bertz CT molecular complexity index is 1680. The third kappa shape index (κ3) is 6.04. The van der Waals surface area contributed by atoms with Gasteiger partial charge in [-0.3, -0.25) is 5.10 Å². The van der Waals surface area contributed by atoms with Gasteiger partial charge < -0.3 is 30.9 Å². The Balaban J connectivity index is 1.43. The highest BCUT2D eigenvalue weighted by Gasteiger charge is 2.46. The van der Waals surface area contributed by atoms with Crippen LogP contribution >= 0.6 is 0 Å². The van der Waals surface area contributed by atoms with Crippen molar-refractivity contribution in [2.45, 2.75) is 50.2 Å². The predicted molar refractivity (Wildman–Crippen MR) is 165 cm³/mol. The van der Waals surface area contributed by atoms with E-state index >= 15 is 0 Å². The van der Waals surface area contributed by atoms with Gasteiger partial charge in [0.15, 0.2) is 5.82 Å². The van der Waals surface area contributed by atoms with Crippen LogP contribution in [0.5, 0.6) is 5.75 Å². The van der Waals surface area contributed by atoms with Crippen LogP contribution in [-0.2, 0) is 25.9 Å². The van der Waals surface area contributed by atoms with E-state index in [9.17, 15) is 20.1 Å². The van der Waals surface area contributed by atoms with Crippen LogP contribution < -0.4 is 5.73 Å². The van der Waals surface area contributed by atoms with E-state index in [1.54, 1.807) is 34.1 Å². The molecule has 1 aliphatic heterocycles. The molecule has 6 N–H and O–H groups in total. The third-order valence-electron chi connectivity index (χ3n) is 8.30. The molecule has 1 saturated heterocycles. The number of hydrogen-bond acceptors (Lipinski definition) is 6. The van der Waals surface area contributed by atoms with E-state index in [0.717, 1.165) is 33.2 Å². The van der Waals surface area contributed by atoms with Crippen molar-refractivity contribution < 1.29 is 20.1 Å². The van der Waals surface area contributed by atoms with Gasteiger partial charge in [0.2, 0.25) is 0 Å². The number of amides is 2. The van der Waals surface area contributed by atoms with Crippen molar-refractivity contribution in [1.82, 2.24) is 20.0 Å². The molecule has 1 aliphatic rings. The molecule has 6 rings (SSSR count). The lowest BCUT2D eigenvalue weighted by atomic mass is 9.91. The predicted octanol–water partition coefficient (Wildman–Crippen LogP) is 4.23. The number of phenolic OH excluding ortho intramolecular Hbond substituents is 1. The van der Waals surface area contributed by atoms with Crippen molar-refractivity contribution in [3.63, 3.8) is 0 Å². The molecule has 9 heteroatoms. The van der Waals surface area contributed by atoms with Gasteiger partial charge in [-0.05, 0) is 59.4 Å². The summed E-state index contributed by atoms with van der Waals surface area (Å²) in [6.45, 7) is 0.369. The average Bonchev–Trinajstić information content (AvgIpc) is 3.38. The summed E-state index contributed by atoms with van der Waals surface area (Å²) >= 11 is 0. The Morgan fingerprint density at radius 2 is 1.21 bits per heavy atom. The summed E-state index contributed by atoms with van der Waals surface area (Å²) in [5, 5.41) is 41.3. The number of nitrogens with zero attached hydrogens (tertiary/aromatic N) is 3. The lowest BCUT2D eigenvalue weighted by Crippen LogP contribution is -2.50. The highest BCUT2D eigenvalue weighted by Crippen LogP contribution is 2.31. The number of H-pyrrole nitrogens is 1. The summed E-state index contributed by atoms with van der Waals surface area (Å²) in [5.41, 5.74) is 10.4. The highest BCUT2D eigenvalue weighted by molar-refractivity contribution is 5.89. The topological polar surface area (TPSA) is 139 Å². The Morgan fingerprint density at radius 3 is 1.77 bits per heavy atom. The maximum atomic E-state index is 14.7. The molecule has 4 atom stereocenters. The number of nitrogens with one attached hydrogen (secondary N) is 1. The number of benzene rings is 4. The van der Waals surface area contributed by atoms with Crippen LogP contribution in [-0.4, -0.2) is 65.6 Å². The number of urea groups is 1. The third-order valence-corrected chi connectivity index (χ3v) is 8.30. The van der Waals surface area contributed by atoms with E-state index in [2.05, 4.69) is 10.2 Å². The molecule has 2 heterocycles. The molecule has 1 fully saturated rings. The molecule has 220 valence electrons. The van der Waals surface area contributed by atoms with E-state index in [1.807, 2.05) is 78.9 Å². The van der Waals surface area contributed by atoms with Crippen molar-refractivity contribution >= 4 is 22.8 Å². The number of anilines is 1. The molecule has 0 bridgehead atoms. The molecule has 43 heavy (non-hydrogen) atoms. The molecule has 5 aromatic rings. The Labute approximate surface area is 249 Å². The second-order valence-corrected chi connectivity index (χ2v) is 11.2. The van der Waals surface area contributed by atoms with Crippen LogP contribution in [0.2, 0.25) is 0 Å². The number of aliphatic hydroxyl groups is 2. The van der Waals surface area contributed by atoms with Crippen molar-refractivity contribution in [3.05, 3.63) is 125 Å². The number of carbonyl (C=O) groups excluding carboxylic acids is 1. The van der Waals surface area contributed by atoms with Crippen molar-refractivity contribution in [2.75, 3.05) is 5.73 Å². The van der Waals surface area contributed by atoms with Crippen molar-refractivity contribution in [3.8, 4) is 5.75 Å². The smallest absolute Gasteiger partial charge is 0.321 e. The molecule has 2 amide bonds. The lowest BCUT2D eigenvalue weighted by molar-refractivity contribution is -0.0408. The highest BCUT2D eigenvalue weighted by atomic mass is 16.3. The van der Waals surface area contributed by atoms with Crippen LogP contribution in [0.4, 0.5) is 10.6 Å². The van der Waals surface area contributed by atoms with Crippen LogP contribution in [0.15, 0.2) is 103 Å². The number of phenols is 1. The largest absolute Gasteiger partial charge is 0.508 e.